The molecule has 0 aromatic heterocycles. The highest BCUT2D eigenvalue weighted by molar-refractivity contribution is 9.10. The molecule has 1 amide bonds. The summed E-state index contributed by atoms with van der Waals surface area (Å²) in [6.45, 7) is 2.36. The number of nitriles is 1. The van der Waals surface area contributed by atoms with E-state index < -0.39 is 0 Å². The Labute approximate surface area is 109 Å². The van der Waals surface area contributed by atoms with E-state index in [1.807, 2.05) is 18.0 Å². The molecule has 1 atom stereocenters. The molecule has 17 heavy (non-hydrogen) atoms. The molecule has 90 valence electrons. The van der Waals surface area contributed by atoms with Gasteiger partial charge in [0.15, 0.2) is 0 Å². The fraction of sp³-hybridized carbons (Fsp3) is 0.333. The maximum atomic E-state index is 11.0. The Hall–Kier alpha value is -1.38. The van der Waals surface area contributed by atoms with Crippen LogP contribution in [0.3, 0.4) is 0 Å². The van der Waals surface area contributed by atoms with Gasteiger partial charge in [-0.2, -0.15) is 5.26 Å². The zero-order valence-corrected chi connectivity index (χ0v) is 11.4. The van der Waals surface area contributed by atoms with Gasteiger partial charge < -0.3 is 5.73 Å². The van der Waals surface area contributed by atoms with Crippen molar-refractivity contribution < 1.29 is 4.79 Å². The second kappa shape index (κ2) is 5.80. The molecule has 0 unspecified atom stereocenters. The number of rotatable bonds is 4. The van der Waals surface area contributed by atoms with Crippen LogP contribution in [-0.2, 0) is 11.3 Å². The second-order valence-electron chi connectivity index (χ2n) is 3.91. The fourth-order valence-corrected chi connectivity index (χ4v) is 1.87. The van der Waals surface area contributed by atoms with E-state index >= 15 is 0 Å². The van der Waals surface area contributed by atoms with E-state index in [0.29, 0.717) is 12.1 Å². The zero-order chi connectivity index (χ0) is 13.0. The predicted molar refractivity (Wildman–Crippen MR) is 69.0 cm³/mol. The van der Waals surface area contributed by atoms with E-state index in [-0.39, 0.29) is 11.9 Å². The van der Waals surface area contributed by atoms with Gasteiger partial charge in [-0.3, -0.25) is 9.69 Å². The number of hydrogen-bond donors (Lipinski definition) is 1. The first-order valence-electron chi connectivity index (χ1n) is 5.13. The Balaban J connectivity index is 2.82. The van der Waals surface area contributed by atoms with Crippen LogP contribution in [0, 0.1) is 11.3 Å². The molecule has 0 heterocycles. The molecule has 1 aromatic carbocycles. The number of halogens is 1. The lowest BCUT2D eigenvalue weighted by Gasteiger charge is -2.22. The summed E-state index contributed by atoms with van der Waals surface area (Å²) in [5.41, 5.74) is 6.86. The van der Waals surface area contributed by atoms with Gasteiger partial charge in [0, 0.05) is 11.0 Å². The van der Waals surface area contributed by atoms with Crippen LogP contribution in [0.5, 0.6) is 0 Å². The van der Waals surface area contributed by atoms with Crippen molar-refractivity contribution in [3.63, 3.8) is 0 Å². The summed E-state index contributed by atoms with van der Waals surface area (Å²) >= 11 is 3.41. The number of hydrogen-bond acceptors (Lipinski definition) is 3. The molecule has 0 radical (unpaired) electrons. The van der Waals surface area contributed by atoms with Crippen LogP contribution in [-0.4, -0.2) is 23.9 Å². The fourth-order valence-electron chi connectivity index (χ4n) is 1.37. The van der Waals surface area contributed by atoms with E-state index in [0.717, 1.165) is 10.0 Å². The first-order valence-corrected chi connectivity index (χ1v) is 5.93. The summed E-state index contributed by atoms with van der Waals surface area (Å²) in [4.78, 5) is 12.9. The molecule has 4 nitrogen and oxygen atoms in total. The molecular formula is C12H14BrN3O. The number of carbonyl (C=O) groups is 1. The summed E-state index contributed by atoms with van der Waals surface area (Å²) in [6.07, 6.45) is 0. The van der Waals surface area contributed by atoms with Crippen LogP contribution < -0.4 is 5.73 Å². The predicted octanol–water partition coefficient (Wildman–Crippen LogP) is 1.63. The van der Waals surface area contributed by atoms with Crippen molar-refractivity contribution in [1.82, 2.24) is 4.90 Å². The standard InChI is InChI=1S/C12H14BrN3O/c1-8(12(15)17)16(2)7-10-4-3-9(6-14)5-11(10)13/h3-5,8H,7H2,1-2H3,(H2,15,17)/t8-/m1/s1. The first-order chi connectivity index (χ1) is 7.95. The van der Waals surface area contributed by atoms with E-state index in [1.165, 1.54) is 0 Å². The molecule has 0 aliphatic rings. The van der Waals surface area contributed by atoms with Crippen LogP contribution in [0.15, 0.2) is 22.7 Å². The molecule has 5 heteroatoms. The third-order valence-electron chi connectivity index (χ3n) is 2.67. The van der Waals surface area contributed by atoms with E-state index in [4.69, 9.17) is 11.0 Å². The number of likely N-dealkylation sites (N-methyl/N-ethyl adjacent to an activating group) is 1. The quantitative estimate of drug-likeness (QED) is 0.918. The zero-order valence-electron chi connectivity index (χ0n) is 9.77. The number of carbonyl (C=O) groups excluding carboxylic acids is 1. The third-order valence-corrected chi connectivity index (χ3v) is 3.41. The molecule has 0 fully saturated rings. The van der Waals surface area contributed by atoms with Crippen LogP contribution >= 0.6 is 15.9 Å². The molecule has 0 saturated heterocycles. The topological polar surface area (TPSA) is 70.1 Å². The van der Waals surface area contributed by atoms with Crippen molar-refractivity contribution in [2.24, 2.45) is 5.73 Å². The van der Waals surface area contributed by atoms with Gasteiger partial charge in [-0.25, -0.2) is 0 Å². The normalized spacial score (nSPS) is 12.2. The van der Waals surface area contributed by atoms with Crippen molar-refractivity contribution in [2.75, 3.05) is 7.05 Å². The number of benzene rings is 1. The average molecular weight is 296 g/mol. The van der Waals surface area contributed by atoms with E-state index in [9.17, 15) is 4.79 Å². The van der Waals surface area contributed by atoms with E-state index in [1.54, 1.807) is 19.1 Å². The van der Waals surface area contributed by atoms with Crippen LogP contribution in [0.1, 0.15) is 18.1 Å². The lowest BCUT2D eigenvalue weighted by Crippen LogP contribution is -2.39. The third kappa shape index (κ3) is 3.55. The van der Waals surface area contributed by atoms with Crippen LogP contribution in [0.2, 0.25) is 0 Å². The minimum atomic E-state index is -0.350. The van der Waals surface area contributed by atoms with Crippen molar-refractivity contribution in [2.45, 2.75) is 19.5 Å². The van der Waals surface area contributed by atoms with Crippen molar-refractivity contribution >= 4 is 21.8 Å². The largest absolute Gasteiger partial charge is 0.368 e. The summed E-state index contributed by atoms with van der Waals surface area (Å²) in [7, 11) is 1.83. The Morgan fingerprint density at radius 3 is 2.76 bits per heavy atom. The minimum Gasteiger partial charge on any atom is -0.368 e. The highest BCUT2D eigenvalue weighted by Gasteiger charge is 2.15. The van der Waals surface area contributed by atoms with Gasteiger partial charge in [-0.05, 0) is 31.7 Å². The molecule has 1 aromatic rings. The Morgan fingerprint density at radius 1 is 1.65 bits per heavy atom. The van der Waals surface area contributed by atoms with Crippen LogP contribution in [0.25, 0.3) is 0 Å². The second-order valence-corrected chi connectivity index (χ2v) is 4.77. The lowest BCUT2D eigenvalue weighted by atomic mass is 10.1. The highest BCUT2D eigenvalue weighted by Crippen LogP contribution is 2.20. The summed E-state index contributed by atoms with van der Waals surface area (Å²) < 4.78 is 0.861. The van der Waals surface area contributed by atoms with Crippen molar-refractivity contribution in [3.8, 4) is 6.07 Å². The number of primary amides is 1. The monoisotopic (exact) mass is 295 g/mol. The van der Waals surface area contributed by atoms with Gasteiger partial charge in [-0.15, -0.1) is 0 Å². The van der Waals surface area contributed by atoms with Crippen LogP contribution in [0.4, 0.5) is 0 Å². The van der Waals surface area contributed by atoms with Crippen molar-refractivity contribution in [1.29, 1.82) is 5.26 Å². The summed E-state index contributed by atoms with van der Waals surface area (Å²) in [6, 6.07) is 7.13. The smallest absolute Gasteiger partial charge is 0.234 e. The average Bonchev–Trinajstić information content (AvgIpc) is 2.30. The first kappa shape index (κ1) is 13.7. The van der Waals surface area contributed by atoms with Gasteiger partial charge in [0.05, 0.1) is 17.7 Å². The van der Waals surface area contributed by atoms with Crippen molar-refractivity contribution in [3.05, 3.63) is 33.8 Å². The number of nitrogens with two attached hydrogens (primary N) is 1. The SMILES string of the molecule is C[C@H](C(N)=O)N(C)Cc1ccc(C#N)cc1Br. The van der Waals surface area contributed by atoms with E-state index in [2.05, 4.69) is 22.0 Å². The molecule has 0 spiro atoms. The Kier molecular flexibility index (Phi) is 4.67. The molecular weight excluding hydrogens is 282 g/mol. The minimum absolute atomic E-state index is 0.322. The van der Waals surface area contributed by atoms with Gasteiger partial charge >= 0.3 is 0 Å². The Morgan fingerprint density at radius 2 is 2.29 bits per heavy atom. The molecule has 0 saturated carbocycles. The van der Waals surface area contributed by atoms with Gasteiger partial charge in [0.25, 0.3) is 0 Å². The lowest BCUT2D eigenvalue weighted by molar-refractivity contribution is -0.122. The Bertz CT molecular complexity index is 467. The molecule has 2 N–H and O–H groups in total. The number of nitrogens with zero attached hydrogens (tertiary/aromatic N) is 2. The van der Waals surface area contributed by atoms with Gasteiger partial charge in [-0.1, -0.05) is 22.0 Å². The molecule has 0 bridgehead atoms. The summed E-state index contributed by atoms with van der Waals surface area (Å²) in [5.74, 6) is -0.350. The maximum Gasteiger partial charge on any atom is 0.234 e. The maximum absolute atomic E-state index is 11.0. The molecule has 1 rings (SSSR count). The number of amides is 1. The molecule has 0 aliphatic heterocycles. The molecule has 0 aliphatic carbocycles. The van der Waals surface area contributed by atoms with Gasteiger partial charge in [0.1, 0.15) is 0 Å². The van der Waals surface area contributed by atoms with Gasteiger partial charge in [0.2, 0.25) is 5.91 Å². The summed E-state index contributed by atoms with van der Waals surface area (Å²) in [5, 5.41) is 8.75. The highest BCUT2D eigenvalue weighted by atomic mass is 79.9.